The summed E-state index contributed by atoms with van der Waals surface area (Å²) in [4.78, 5) is 9.26. The van der Waals surface area contributed by atoms with Crippen LogP contribution in [0.25, 0.3) is 22.4 Å². The lowest BCUT2D eigenvalue weighted by Gasteiger charge is -2.21. The van der Waals surface area contributed by atoms with E-state index in [1.807, 2.05) is 42.6 Å². The van der Waals surface area contributed by atoms with Gasteiger partial charge in [0.15, 0.2) is 0 Å². The third kappa shape index (κ3) is 3.93. The third-order valence-corrected chi connectivity index (χ3v) is 5.07. The molecule has 0 saturated heterocycles. The van der Waals surface area contributed by atoms with E-state index in [2.05, 4.69) is 29.2 Å². The monoisotopic (exact) mass is 344 g/mol. The minimum Gasteiger partial charge on any atom is -0.463 e. The van der Waals surface area contributed by atoms with Gasteiger partial charge < -0.3 is 4.74 Å². The van der Waals surface area contributed by atoms with E-state index in [1.165, 1.54) is 32.1 Å². The molecule has 0 N–H and O–H groups in total. The molecule has 0 radical (unpaired) electrons. The zero-order valence-electron chi connectivity index (χ0n) is 15.0. The van der Waals surface area contributed by atoms with Crippen molar-refractivity contribution in [1.82, 2.24) is 9.97 Å². The van der Waals surface area contributed by atoms with Crippen LogP contribution in [0.1, 0.15) is 32.1 Å². The summed E-state index contributed by atoms with van der Waals surface area (Å²) in [5, 5.41) is 0. The van der Waals surface area contributed by atoms with Crippen LogP contribution in [0, 0.1) is 5.92 Å². The van der Waals surface area contributed by atoms with Crippen molar-refractivity contribution in [2.45, 2.75) is 32.1 Å². The fourth-order valence-corrected chi connectivity index (χ4v) is 3.63. The summed E-state index contributed by atoms with van der Waals surface area (Å²) < 4.78 is 5.98. The Morgan fingerprint density at radius 3 is 2.15 bits per heavy atom. The minimum absolute atomic E-state index is 0.481. The molecular weight excluding hydrogens is 320 g/mol. The van der Waals surface area contributed by atoms with Crippen molar-refractivity contribution in [1.29, 1.82) is 0 Å². The molecule has 1 heterocycles. The molecule has 1 aromatic heterocycles. The molecule has 2 aromatic carbocycles. The molecular formula is C23H24N2O. The van der Waals surface area contributed by atoms with Gasteiger partial charge in [-0.15, -0.1) is 0 Å². The molecule has 0 spiro atoms. The summed E-state index contributed by atoms with van der Waals surface area (Å²) >= 11 is 0. The van der Waals surface area contributed by atoms with Crippen LogP contribution in [0.4, 0.5) is 0 Å². The highest BCUT2D eigenvalue weighted by molar-refractivity contribution is 5.80. The van der Waals surface area contributed by atoms with Gasteiger partial charge in [0.1, 0.15) is 0 Å². The molecule has 3 nitrogen and oxygen atoms in total. The lowest BCUT2D eigenvalue weighted by atomic mass is 9.90. The van der Waals surface area contributed by atoms with Gasteiger partial charge in [0.25, 0.3) is 0 Å². The smallest absolute Gasteiger partial charge is 0.316 e. The Morgan fingerprint density at radius 2 is 1.46 bits per heavy atom. The highest BCUT2D eigenvalue weighted by Gasteiger charge is 2.16. The molecule has 3 aromatic rings. The van der Waals surface area contributed by atoms with Crippen molar-refractivity contribution in [2.24, 2.45) is 5.92 Å². The van der Waals surface area contributed by atoms with Gasteiger partial charge in [0.2, 0.25) is 0 Å². The maximum absolute atomic E-state index is 5.98. The van der Waals surface area contributed by atoms with Gasteiger partial charge in [-0.2, -0.15) is 4.98 Å². The molecule has 0 unspecified atom stereocenters. The Bertz CT molecular complexity index is 827. The van der Waals surface area contributed by atoms with Crippen molar-refractivity contribution in [3.05, 3.63) is 66.9 Å². The molecule has 132 valence electrons. The molecule has 1 aliphatic carbocycles. The SMILES string of the molecule is c1ccc(-c2cnc(OCC3CCCCC3)nc2-c2ccccc2)cc1. The van der Waals surface area contributed by atoms with Crippen LogP contribution in [0.5, 0.6) is 6.01 Å². The predicted molar refractivity (Wildman–Crippen MR) is 105 cm³/mol. The molecule has 26 heavy (non-hydrogen) atoms. The largest absolute Gasteiger partial charge is 0.463 e. The molecule has 1 saturated carbocycles. The highest BCUT2D eigenvalue weighted by atomic mass is 16.5. The summed E-state index contributed by atoms with van der Waals surface area (Å²) in [5.74, 6) is 0.640. The first-order valence-corrected chi connectivity index (χ1v) is 9.51. The molecule has 0 amide bonds. The maximum atomic E-state index is 5.98. The molecule has 3 heteroatoms. The summed E-state index contributed by atoms with van der Waals surface area (Å²) in [6, 6.07) is 21.0. The van der Waals surface area contributed by atoms with Gasteiger partial charge in [-0.3, -0.25) is 0 Å². The number of hydrogen-bond donors (Lipinski definition) is 0. The van der Waals surface area contributed by atoms with Gasteiger partial charge in [0.05, 0.1) is 12.3 Å². The number of nitrogens with zero attached hydrogens (tertiary/aromatic N) is 2. The van der Waals surface area contributed by atoms with Crippen LogP contribution in [-0.4, -0.2) is 16.6 Å². The van der Waals surface area contributed by atoms with E-state index in [0.717, 1.165) is 29.0 Å². The van der Waals surface area contributed by atoms with Crippen LogP contribution >= 0.6 is 0 Å². The Kier molecular flexibility index (Phi) is 5.25. The molecule has 0 atom stereocenters. The maximum Gasteiger partial charge on any atom is 0.316 e. The van der Waals surface area contributed by atoms with Crippen LogP contribution in [0.15, 0.2) is 66.9 Å². The van der Waals surface area contributed by atoms with Crippen molar-refractivity contribution in [3.8, 4) is 28.4 Å². The fourth-order valence-electron chi connectivity index (χ4n) is 3.63. The van der Waals surface area contributed by atoms with E-state index in [0.29, 0.717) is 11.9 Å². The van der Waals surface area contributed by atoms with E-state index >= 15 is 0 Å². The summed E-state index contributed by atoms with van der Waals surface area (Å²) in [6.45, 7) is 0.721. The van der Waals surface area contributed by atoms with Crippen LogP contribution in [0.3, 0.4) is 0 Å². The fraction of sp³-hybridized carbons (Fsp3) is 0.304. The van der Waals surface area contributed by atoms with Gasteiger partial charge in [-0.1, -0.05) is 79.9 Å². The van der Waals surface area contributed by atoms with E-state index in [1.54, 1.807) is 0 Å². The van der Waals surface area contributed by atoms with Crippen molar-refractivity contribution in [3.63, 3.8) is 0 Å². The summed E-state index contributed by atoms with van der Waals surface area (Å²) in [6.07, 6.45) is 8.40. The van der Waals surface area contributed by atoms with Crippen molar-refractivity contribution >= 4 is 0 Å². The second-order valence-corrected chi connectivity index (χ2v) is 6.96. The van der Waals surface area contributed by atoms with Crippen molar-refractivity contribution in [2.75, 3.05) is 6.61 Å². The van der Waals surface area contributed by atoms with E-state index < -0.39 is 0 Å². The average Bonchev–Trinajstić information content (AvgIpc) is 2.74. The first-order valence-electron chi connectivity index (χ1n) is 9.51. The molecule has 0 bridgehead atoms. The van der Waals surface area contributed by atoms with Crippen LogP contribution < -0.4 is 4.74 Å². The van der Waals surface area contributed by atoms with Gasteiger partial charge in [-0.25, -0.2) is 4.98 Å². The lowest BCUT2D eigenvalue weighted by Crippen LogP contribution is -2.16. The quantitative estimate of drug-likeness (QED) is 0.589. The second-order valence-electron chi connectivity index (χ2n) is 6.96. The number of hydrogen-bond acceptors (Lipinski definition) is 3. The zero-order valence-corrected chi connectivity index (χ0v) is 15.0. The Balaban J connectivity index is 1.63. The van der Waals surface area contributed by atoms with Crippen LogP contribution in [-0.2, 0) is 0 Å². The Morgan fingerprint density at radius 1 is 0.808 bits per heavy atom. The van der Waals surface area contributed by atoms with Gasteiger partial charge in [0, 0.05) is 17.3 Å². The molecule has 4 rings (SSSR count). The van der Waals surface area contributed by atoms with E-state index in [9.17, 15) is 0 Å². The van der Waals surface area contributed by atoms with E-state index in [-0.39, 0.29) is 0 Å². The Labute approximate surface area is 155 Å². The number of benzene rings is 2. The van der Waals surface area contributed by atoms with Crippen molar-refractivity contribution < 1.29 is 4.74 Å². The minimum atomic E-state index is 0.481. The average molecular weight is 344 g/mol. The zero-order chi connectivity index (χ0) is 17.6. The summed E-state index contributed by atoms with van der Waals surface area (Å²) in [5.41, 5.74) is 4.15. The van der Waals surface area contributed by atoms with Gasteiger partial charge >= 0.3 is 6.01 Å². The van der Waals surface area contributed by atoms with Crippen LogP contribution in [0.2, 0.25) is 0 Å². The third-order valence-electron chi connectivity index (χ3n) is 5.07. The predicted octanol–water partition coefficient (Wildman–Crippen LogP) is 5.77. The first-order chi connectivity index (χ1) is 12.9. The molecule has 0 aliphatic heterocycles. The normalized spacial score (nSPS) is 14.9. The Hall–Kier alpha value is -2.68. The molecule has 1 aliphatic rings. The van der Waals surface area contributed by atoms with Gasteiger partial charge in [-0.05, 0) is 24.3 Å². The topological polar surface area (TPSA) is 35.0 Å². The lowest BCUT2D eigenvalue weighted by molar-refractivity contribution is 0.196. The molecule has 1 fully saturated rings. The summed E-state index contributed by atoms with van der Waals surface area (Å²) in [7, 11) is 0. The first kappa shape index (κ1) is 16.8. The number of aromatic nitrogens is 2. The second kappa shape index (κ2) is 8.13. The standard InChI is InChI=1S/C23H24N2O/c1-4-10-18(11-5-1)17-26-23-24-16-21(19-12-6-2-7-13-19)22(25-23)20-14-8-3-9-15-20/h2-3,6-9,12-16,18H,1,4-5,10-11,17H2. The number of rotatable bonds is 5. The highest BCUT2D eigenvalue weighted by Crippen LogP contribution is 2.31. The number of ether oxygens (including phenoxy) is 1. The van der Waals surface area contributed by atoms with E-state index in [4.69, 9.17) is 9.72 Å².